The van der Waals surface area contributed by atoms with E-state index in [0.29, 0.717) is 50.0 Å². The predicted molar refractivity (Wildman–Crippen MR) is 164 cm³/mol. The molecule has 9 heteroatoms. The Balaban J connectivity index is 1.78. The molecule has 0 saturated carbocycles. The van der Waals surface area contributed by atoms with Gasteiger partial charge in [0.25, 0.3) is 5.56 Å². The highest BCUT2D eigenvalue weighted by Crippen LogP contribution is 2.36. The van der Waals surface area contributed by atoms with Gasteiger partial charge in [0.1, 0.15) is 5.75 Å². The van der Waals surface area contributed by atoms with Crippen LogP contribution < -0.4 is 29.1 Å². The van der Waals surface area contributed by atoms with Crippen LogP contribution in [0, 0.1) is 0 Å². The first-order valence-corrected chi connectivity index (χ1v) is 14.8. The van der Waals surface area contributed by atoms with Crippen LogP contribution in [0.3, 0.4) is 0 Å². The third kappa shape index (κ3) is 5.44. The molecule has 0 bridgehead atoms. The zero-order valence-electron chi connectivity index (χ0n) is 24.6. The molecule has 0 N–H and O–H groups in total. The first-order valence-electron chi connectivity index (χ1n) is 14.0. The molecule has 0 amide bonds. The van der Waals surface area contributed by atoms with E-state index in [0.717, 1.165) is 16.3 Å². The van der Waals surface area contributed by atoms with Crippen molar-refractivity contribution in [1.82, 2.24) is 4.57 Å². The van der Waals surface area contributed by atoms with Crippen LogP contribution in [0.25, 0.3) is 16.8 Å². The van der Waals surface area contributed by atoms with Crippen LogP contribution in [0.5, 0.6) is 17.2 Å². The Bertz CT molecular complexity index is 1870. The third-order valence-corrected chi connectivity index (χ3v) is 7.87. The summed E-state index contributed by atoms with van der Waals surface area (Å²) < 4.78 is 24.9. The van der Waals surface area contributed by atoms with Crippen molar-refractivity contribution in [2.24, 2.45) is 4.99 Å². The van der Waals surface area contributed by atoms with Gasteiger partial charge in [-0.2, -0.15) is 0 Å². The largest absolute Gasteiger partial charge is 0.493 e. The number of benzene rings is 3. The summed E-state index contributed by atoms with van der Waals surface area (Å²) in [6.45, 7) is 9.96. The molecule has 0 aliphatic carbocycles. The van der Waals surface area contributed by atoms with E-state index in [1.54, 1.807) is 37.7 Å². The molecule has 0 unspecified atom stereocenters. The monoisotopic (exact) mass is 586 g/mol. The fourth-order valence-corrected chi connectivity index (χ4v) is 6.18. The zero-order chi connectivity index (χ0) is 30.0. The summed E-state index contributed by atoms with van der Waals surface area (Å²) in [6, 6.07) is 16.6. The van der Waals surface area contributed by atoms with E-state index in [-0.39, 0.29) is 18.3 Å². The summed E-state index contributed by atoms with van der Waals surface area (Å²) >= 11 is 1.27. The van der Waals surface area contributed by atoms with Gasteiger partial charge < -0.3 is 18.9 Å². The molecular weight excluding hydrogens is 552 g/mol. The number of aromatic nitrogens is 1. The molecule has 0 spiro atoms. The summed E-state index contributed by atoms with van der Waals surface area (Å²) in [5.41, 5.74) is 2.02. The number of ether oxygens (including phenoxy) is 4. The first kappa shape index (κ1) is 29.1. The second-order valence-corrected chi connectivity index (χ2v) is 11.0. The smallest absolute Gasteiger partial charge is 0.338 e. The van der Waals surface area contributed by atoms with Crippen molar-refractivity contribution in [3.8, 4) is 17.2 Å². The molecule has 1 aliphatic rings. The van der Waals surface area contributed by atoms with Crippen molar-refractivity contribution < 1.29 is 23.7 Å². The van der Waals surface area contributed by atoms with Crippen LogP contribution >= 0.6 is 11.3 Å². The molecule has 0 saturated heterocycles. The maximum Gasteiger partial charge on any atom is 0.338 e. The van der Waals surface area contributed by atoms with Crippen molar-refractivity contribution in [2.75, 3.05) is 20.3 Å². The molecule has 1 aromatic heterocycles. The quantitative estimate of drug-likeness (QED) is 0.252. The Kier molecular flexibility index (Phi) is 8.49. The van der Waals surface area contributed by atoms with Crippen molar-refractivity contribution in [3.63, 3.8) is 0 Å². The first-order chi connectivity index (χ1) is 20.3. The topological polar surface area (TPSA) is 88.4 Å². The van der Waals surface area contributed by atoms with E-state index >= 15 is 0 Å². The maximum absolute atomic E-state index is 14.2. The van der Waals surface area contributed by atoms with Gasteiger partial charge in [0.2, 0.25) is 0 Å². The second-order valence-electron chi connectivity index (χ2n) is 10.0. The molecule has 3 aromatic carbocycles. The summed E-state index contributed by atoms with van der Waals surface area (Å²) in [5, 5.41) is 2.01. The summed E-state index contributed by atoms with van der Waals surface area (Å²) in [5.74, 6) is 1.24. The number of carbonyl (C=O) groups is 1. The molecule has 0 radical (unpaired) electrons. The van der Waals surface area contributed by atoms with Crippen molar-refractivity contribution in [3.05, 3.63) is 96.7 Å². The van der Waals surface area contributed by atoms with Gasteiger partial charge in [0.15, 0.2) is 16.3 Å². The van der Waals surface area contributed by atoms with Gasteiger partial charge in [-0.15, -0.1) is 0 Å². The lowest BCUT2D eigenvalue weighted by Gasteiger charge is -2.25. The van der Waals surface area contributed by atoms with Gasteiger partial charge in [0.05, 0.1) is 48.3 Å². The lowest BCUT2D eigenvalue weighted by atomic mass is 9.95. The maximum atomic E-state index is 14.2. The Morgan fingerprint density at radius 2 is 1.81 bits per heavy atom. The molecule has 4 aromatic rings. The fraction of sp³-hybridized carbons (Fsp3) is 0.303. The second kappa shape index (κ2) is 12.2. The zero-order valence-corrected chi connectivity index (χ0v) is 25.4. The molecule has 1 atom stereocenters. The standard InChI is InChI=1S/C33H34N2O6S/c1-7-39-27-17-22(14-16-26(27)38-6)30-29(32(37)40-8-2)20(5)34-33-35(30)31(36)28(42-33)18-24-23-12-10-9-11-21(23)13-15-25(24)41-19(3)4/h9-19,30H,7-8H2,1-6H3/b28-18-/t30-/m1/s1. The summed E-state index contributed by atoms with van der Waals surface area (Å²) in [7, 11) is 1.57. The Labute approximate surface area is 248 Å². The van der Waals surface area contributed by atoms with Crippen LogP contribution in [-0.2, 0) is 9.53 Å². The Hall–Kier alpha value is -4.37. The minimum absolute atomic E-state index is 0.0519. The highest BCUT2D eigenvalue weighted by atomic mass is 32.1. The summed E-state index contributed by atoms with van der Waals surface area (Å²) in [6.07, 6.45) is 1.81. The Morgan fingerprint density at radius 1 is 1.05 bits per heavy atom. The number of rotatable bonds is 9. The predicted octanol–water partition coefficient (Wildman–Crippen LogP) is 5.15. The number of esters is 1. The molecule has 42 heavy (non-hydrogen) atoms. The van der Waals surface area contributed by atoms with Gasteiger partial charge >= 0.3 is 5.97 Å². The number of hydrogen-bond donors (Lipinski definition) is 0. The molecular formula is C33H34N2O6S. The van der Waals surface area contributed by atoms with E-state index in [4.69, 9.17) is 23.9 Å². The van der Waals surface area contributed by atoms with E-state index in [1.165, 1.54) is 11.3 Å². The van der Waals surface area contributed by atoms with Crippen molar-refractivity contribution in [1.29, 1.82) is 0 Å². The van der Waals surface area contributed by atoms with Crippen LogP contribution in [0.4, 0.5) is 0 Å². The van der Waals surface area contributed by atoms with E-state index in [9.17, 15) is 9.59 Å². The van der Waals surface area contributed by atoms with Crippen LogP contribution in [0.2, 0.25) is 0 Å². The van der Waals surface area contributed by atoms with Gasteiger partial charge in [-0.25, -0.2) is 9.79 Å². The summed E-state index contributed by atoms with van der Waals surface area (Å²) in [4.78, 5) is 32.8. The van der Waals surface area contributed by atoms with Gasteiger partial charge in [-0.1, -0.05) is 47.7 Å². The van der Waals surface area contributed by atoms with Crippen molar-refractivity contribution in [2.45, 2.75) is 46.8 Å². The minimum atomic E-state index is -0.772. The van der Waals surface area contributed by atoms with Crippen LogP contribution in [0.1, 0.15) is 51.8 Å². The number of fused-ring (bicyclic) bond motifs is 2. The Morgan fingerprint density at radius 3 is 2.52 bits per heavy atom. The third-order valence-electron chi connectivity index (χ3n) is 6.89. The molecule has 1 aliphatic heterocycles. The highest BCUT2D eigenvalue weighted by Gasteiger charge is 2.34. The number of hydrogen-bond acceptors (Lipinski definition) is 8. The van der Waals surface area contributed by atoms with Gasteiger partial charge in [0, 0.05) is 5.56 Å². The molecule has 8 nitrogen and oxygen atoms in total. The molecule has 0 fully saturated rings. The van der Waals surface area contributed by atoms with Crippen LogP contribution in [0.15, 0.2) is 75.7 Å². The van der Waals surface area contributed by atoms with Gasteiger partial charge in [-0.05, 0) is 75.2 Å². The molecule has 5 rings (SSSR count). The van der Waals surface area contributed by atoms with Crippen molar-refractivity contribution >= 4 is 34.2 Å². The average Bonchev–Trinajstić information content (AvgIpc) is 3.27. The number of allylic oxidation sites excluding steroid dienone is 1. The van der Waals surface area contributed by atoms with E-state index in [2.05, 4.69) is 0 Å². The lowest BCUT2D eigenvalue weighted by Crippen LogP contribution is -2.40. The number of methoxy groups -OCH3 is 1. The normalized spacial score (nSPS) is 15.0. The average molecular weight is 587 g/mol. The van der Waals surface area contributed by atoms with Crippen LogP contribution in [-0.4, -0.2) is 37.0 Å². The van der Waals surface area contributed by atoms with E-state index < -0.39 is 12.0 Å². The number of thiazole rings is 1. The van der Waals surface area contributed by atoms with Gasteiger partial charge in [-0.3, -0.25) is 9.36 Å². The minimum Gasteiger partial charge on any atom is -0.493 e. The molecule has 218 valence electrons. The lowest BCUT2D eigenvalue weighted by molar-refractivity contribution is -0.139. The number of carbonyl (C=O) groups excluding carboxylic acids is 1. The SMILES string of the molecule is CCOC(=O)C1=C(C)N=c2s/c(=C\c3c(OC(C)C)ccc4ccccc34)c(=O)n2[C@@H]1c1ccc(OC)c(OCC)c1. The van der Waals surface area contributed by atoms with E-state index in [1.807, 2.05) is 69.3 Å². The molecule has 2 heterocycles. The highest BCUT2D eigenvalue weighted by molar-refractivity contribution is 7.07. The fourth-order valence-electron chi connectivity index (χ4n) is 5.15. The number of nitrogens with zero attached hydrogens (tertiary/aromatic N) is 2.